The molecular formula is C19H19F3N4O3. The van der Waals surface area contributed by atoms with E-state index < -0.39 is 19.2 Å². The van der Waals surface area contributed by atoms with E-state index >= 15 is 0 Å². The van der Waals surface area contributed by atoms with Crippen LogP contribution in [-0.2, 0) is 11.3 Å². The van der Waals surface area contributed by atoms with Crippen LogP contribution in [0.3, 0.4) is 0 Å². The minimum absolute atomic E-state index is 0.0298. The van der Waals surface area contributed by atoms with Gasteiger partial charge in [-0.25, -0.2) is 9.97 Å². The van der Waals surface area contributed by atoms with Gasteiger partial charge in [-0.3, -0.25) is 9.59 Å². The van der Waals surface area contributed by atoms with Crippen molar-refractivity contribution in [3.63, 3.8) is 0 Å². The van der Waals surface area contributed by atoms with Crippen LogP contribution in [0.5, 0.6) is 5.88 Å². The predicted octanol–water partition coefficient (Wildman–Crippen LogP) is 3.09. The van der Waals surface area contributed by atoms with E-state index in [1.54, 1.807) is 6.07 Å². The molecule has 1 fully saturated rings. The topological polar surface area (TPSA) is 93.2 Å². The number of anilines is 1. The fourth-order valence-electron chi connectivity index (χ4n) is 2.37. The molecule has 3 rings (SSSR count). The second-order valence-electron chi connectivity index (χ2n) is 6.59. The lowest BCUT2D eigenvalue weighted by Crippen LogP contribution is -2.23. The van der Waals surface area contributed by atoms with E-state index in [0.717, 1.165) is 12.8 Å². The minimum Gasteiger partial charge on any atom is -0.477 e. The number of hydrogen-bond donors (Lipinski definition) is 2. The maximum absolute atomic E-state index is 12.3. The first kappa shape index (κ1) is 20.6. The standard InChI is InChI=1S/C19H19F3N4O3/c20-19(21,22)6-8-29-16-4-1-12(10-24-16)11-25-17(27)14-5-7-23-15(9-14)26-18(28)13-2-3-13/h1,4-5,7,9-10,13H,2-3,6,8,11H2,(H,25,27)(H,23,26,28). The van der Waals surface area contributed by atoms with Crippen LogP contribution in [0.2, 0.25) is 0 Å². The maximum Gasteiger partial charge on any atom is 0.392 e. The van der Waals surface area contributed by atoms with Crippen LogP contribution >= 0.6 is 0 Å². The van der Waals surface area contributed by atoms with E-state index in [9.17, 15) is 22.8 Å². The molecule has 10 heteroatoms. The molecule has 0 unspecified atom stereocenters. The molecule has 29 heavy (non-hydrogen) atoms. The van der Waals surface area contributed by atoms with Crippen LogP contribution in [0.25, 0.3) is 0 Å². The number of halogens is 3. The van der Waals surface area contributed by atoms with Crippen molar-refractivity contribution in [2.24, 2.45) is 5.92 Å². The monoisotopic (exact) mass is 408 g/mol. The highest BCUT2D eigenvalue weighted by molar-refractivity contribution is 5.97. The number of rotatable bonds is 8. The quantitative estimate of drug-likeness (QED) is 0.700. The number of amides is 2. The van der Waals surface area contributed by atoms with Gasteiger partial charge in [0.05, 0.1) is 13.0 Å². The molecule has 1 saturated carbocycles. The third-order valence-electron chi connectivity index (χ3n) is 4.11. The summed E-state index contributed by atoms with van der Waals surface area (Å²) in [6.07, 6.45) is -0.749. The van der Waals surface area contributed by atoms with Gasteiger partial charge >= 0.3 is 6.18 Å². The molecule has 0 atom stereocenters. The van der Waals surface area contributed by atoms with Crippen molar-refractivity contribution in [1.29, 1.82) is 0 Å². The lowest BCUT2D eigenvalue weighted by molar-refractivity contribution is -0.139. The molecule has 0 saturated heterocycles. The lowest BCUT2D eigenvalue weighted by Gasteiger charge is -2.09. The number of aromatic nitrogens is 2. The number of nitrogens with one attached hydrogen (secondary N) is 2. The number of carbonyl (C=O) groups excluding carboxylic acids is 2. The van der Waals surface area contributed by atoms with Crippen molar-refractivity contribution in [3.8, 4) is 5.88 Å². The summed E-state index contributed by atoms with van der Waals surface area (Å²) in [5.41, 5.74) is 0.990. The van der Waals surface area contributed by atoms with Crippen LogP contribution in [0.1, 0.15) is 35.2 Å². The first-order valence-electron chi connectivity index (χ1n) is 9.00. The third-order valence-corrected chi connectivity index (χ3v) is 4.11. The Hall–Kier alpha value is -3.17. The smallest absolute Gasteiger partial charge is 0.392 e. The van der Waals surface area contributed by atoms with Gasteiger partial charge in [0.2, 0.25) is 11.8 Å². The molecule has 7 nitrogen and oxygen atoms in total. The normalized spacial score (nSPS) is 13.6. The highest BCUT2D eigenvalue weighted by atomic mass is 19.4. The second kappa shape index (κ2) is 8.89. The van der Waals surface area contributed by atoms with Gasteiger partial charge < -0.3 is 15.4 Å². The molecule has 1 aliphatic rings. The van der Waals surface area contributed by atoms with Gasteiger partial charge in [-0.1, -0.05) is 6.07 Å². The summed E-state index contributed by atoms with van der Waals surface area (Å²) in [7, 11) is 0. The fourth-order valence-corrected chi connectivity index (χ4v) is 2.37. The Kier molecular flexibility index (Phi) is 6.30. The molecule has 2 heterocycles. The zero-order valence-electron chi connectivity index (χ0n) is 15.3. The summed E-state index contributed by atoms with van der Waals surface area (Å²) in [6.45, 7) is -0.338. The maximum atomic E-state index is 12.3. The van der Waals surface area contributed by atoms with Crippen LogP contribution in [0, 0.1) is 5.92 Å². The molecule has 2 aromatic heterocycles. The van der Waals surface area contributed by atoms with Gasteiger partial charge in [0.15, 0.2) is 0 Å². The Morgan fingerprint density at radius 3 is 2.62 bits per heavy atom. The first-order chi connectivity index (χ1) is 13.8. The van der Waals surface area contributed by atoms with E-state index in [1.807, 2.05) is 0 Å². The molecule has 0 bridgehead atoms. The molecule has 1 aliphatic carbocycles. The molecule has 2 N–H and O–H groups in total. The van der Waals surface area contributed by atoms with Gasteiger partial charge in [-0.15, -0.1) is 0 Å². The fraction of sp³-hybridized carbons (Fsp3) is 0.368. The molecule has 0 aliphatic heterocycles. The van der Waals surface area contributed by atoms with Crippen molar-refractivity contribution >= 4 is 17.6 Å². The van der Waals surface area contributed by atoms with Crippen molar-refractivity contribution < 1.29 is 27.5 Å². The summed E-state index contributed by atoms with van der Waals surface area (Å²) >= 11 is 0. The average molecular weight is 408 g/mol. The van der Waals surface area contributed by atoms with Gasteiger partial charge in [0.25, 0.3) is 5.91 Å². The number of alkyl halides is 3. The minimum atomic E-state index is -4.28. The third kappa shape index (κ3) is 6.74. The highest BCUT2D eigenvalue weighted by Gasteiger charge is 2.30. The second-order valence-corrected chi connectivity index (χ2v) is 6.59. The summed E-state index contributed by atoms with van der Waals surface area (Å²) in [6, 6.07) is 6.06. The SMILES string of the molecule is O=C(NCc1ccc(OCCC(F)(F)F)nc1)c1ccnc(NC(=O)C2CC2)c1. The van der Waals surface area contributed by atoms with Crippen molar-refractivity contribution in [3.05, 3.63) is 47.8 Å². The molecule has 2 amide bonds. The zero-order valence-corrected chi connectivity index (χ0v) is 15.3. The molecule has 2 aromatic rings. The predicted molar refractivity (Wildman–Crippen MR) is 97.2 cm³/mol. The van der Waals surface area contributed by atoms with E-state index in [-0.39, 0.29) is 30.2 Å². The summed E-state index contributed by atoms with van der Waals surface area (Å²) in [5.74, 6) is -0.0354. The van der Waals surface area contributed by atoms with Crippen molar-refractivity contribution in [1.82, 2.24) is 15.3 Å². The Morgan fingerprint density at radius 1 is 1.17 bits per heavy atom. The van der Waals surface area contributed by atoms with Gasteiger partial charge in [0.1, 0.15) is 5.82 Å². The Balaban J connectivity index is 1.48. The summed E-state index contributed by atoms with van der Waals surface area (Å²) in [4.78, 5) is 32.0. The van der Waals surface area contributed by atoms with Gasteiger partial charge in [-0.05, 0) is 30.5 Å². The number of nitrogens with zero attached hydrogens (tertiary/aromatic N) is 2. The van der Waals surface area contributed by atoms with Gasteiger partial charge in [-0.2, -0.15) is 13.2 Å². The molecular weight excluding hydrogens is 389 g/mol. The number of hydrogen-bond acceptors (Lipinski definition) is 5. The van der Waals surface area contributed by atoms with E-state index in [2.05, 4.69) is 20.6 Å². The van der Waals surface area contributed by atoms with Crippen molar-refractivity contribution in [2.45, 2.75) is 32.0 Å². The average Bonchev–Trinajstić information content (AvgIpc) is 3.52. The largest absolute Gasteiger partial charge is 0.477 e. The van der Waals surface area contributed by atoms with E-state index in [1.165, 1.54) is 30.6 Å². The Morgan fingerprint density at radius 2 is 1.97 bits per heavy atom. The summed E-state index contributed by atoms with van der Waals surface area (Å²) in [5, 5.41) is 5.39. The van der Waals surface area contributed by atoms with Crippen LogP contribution in [-0.4, -0.2) is 34.6 Å². The Labute approximate surface area is 164 Å². The first-order valence-corrected chi connectivity index (χ1v) is 9.00. The summed E-state index contributed by atoms with van der Waals surface area (Å²) < 4.78 is 41.2. The number of pyridine rings is 2. The Bertz CT molecular complexity index is 868. The van der Waals surface area contributed by atoms with Crippen LogP contribution in [0.15, 0.2) is 36.7 Å². The number of ether oxygens (including phenoxy) is 1. The van der Waals surface area contributed by atoms with Crippen molar-refractivity contribution in [2.75, 3.05) is 11.9 Å². The van der Waals surface area contributed by atoms with Gasteiger partial charge in [0, 0.05) is 36.5 Å². The van der Waals surface area contributed by atoms with E-state index in [4.69, 9.17) is 4.74 Å². The lowest BCUT2D eigenvalue weighted by atomic mass is 10.2. The number of carbonyl (C=O) groups is 2. The molecule has 0 radical (unpaired) electrons. The highest BCUT2D eigenvalue weighted by Crippen LogP contribution is 2.30. The van der Waals surface area contributed by atoms with Crippen LogP contribution in [0.4, 0.5) is 19.0 Å². The molecule has 154 valence electrons. The molecule has 0 spiro atoms. The zero-order chi connectivity index (χ0) is 20.9. The van der Waals surface area contributed by atoms with Crippen LogP contribution < -0.4 is 15.4 Å². The van der Waals surface area contributed by atoms with E-state index in [0.29, 0.717) is 16.9 Å². The molecule has 0 aromatic carbocycles.